The predicted molar refractivity (Wildman–Crippen MR) is 124 cm³/mol. The zero-order chi connectivity index (χ0) is 22.5. The number of para-hydroxylation sites is 2. The molecule has 0 fully saturated rings. The quantitative estimate of drug-likeness (QED) is 0.460. The van der Waals surface area contributed by atoms with Crippen molar-refractivity contribution in [2.24, 2.45) is 0 Å². The van der Waals surface area contributed by atoms with Crippen molar-refractivity contribution in [2.45, 2.75) is 97.9 Å². The highest BCUT2D eigenvalue weighted by molar-refractivity contribution is 5.52. The van der Waals surface area contributed by atoms with Gasteiger partial charge in [0, 0.05) is 25.8 Å². The van der Waals surface area contributed by atoms with Crippen LogP contribution in [-0.4, -0.2) is 11.4 Å². The third-order valence-electron chi connectivity index (χ3n) is 5.39. The van der Waals surface area contributed by atoms with E-state index in [1.807, 2.05) is 26.0 Å². The Hall–Kier alpha value is -2.16. The predicted octanol–water partition coefficient (Wildman–Crippen LogP) is 7.19. The summed E-state index contributed by atoms with van der Waals surface area (Å²) in [5.41, 5.74) is 4.08. The van der Waals surface area contributed by atoms with Gasteiger partial charge in [0.25, 0.3) is 0 Å². The summed E-state index contributed by atoms with van der Waals surface area (Å²) in [4.78, 5) is 0. The molecule has 2 aromatic rings. The zero-order valence-electron chi connectivity index (χ0n) is 20.4. The second-order valence-corrected chi connectivity index (χ2v) is 11.6. The van der Waals surface area contributed by atoms with Crippen LogP contribution in [0.1, 0.15) is 85.9 Å². The normalized spacial score (nSPS) is 18.2. The Morgan fingerprint density at radius 2 is 1.20 bits per heavy atom. The van der Waals surface area contributed by atoms with Crippen LogP contribution in [0.2, 0.25) is 0 Å². The fourth-order valence-electron chi connectivity index (χ4n) is 4.03. The molecule has 4 rings (SSSR count). The fraction of sp³-hybridized carbons (Fsp3) is 0.556. The maximum absolute atomic E-state index is 6.05. The van der Waals surface area contributed by atoms with Crippen molar-refractivity contribution in [1.29, 1.82) is 0 Å². The van der Waals surface area contributed by atoms with Gasteiger partial charge in [-0.05, 0) is 41.9 Å². The Kier molecular flexibility index (Phi) is 5.42. The lowest BCUT2D eigenvalue weighted by Gasteiger charge is -2.24. The Balaban J connectivity index is 0.000000171. The average Bonchev–Trinajstić information content (AvgIpc) is 3.04. The molecule has 2 aliphatic rings. The summed E-state index contributed by atoms with van der Waals surface area (Å²) in [6, 6.07) is 12.6. The fourth-order valence-corrected chi connectivity index (χ4v) is 4.03. The first-order valence-electron chi connectivity index (χ1n) is 10.9. The molecule has 2 aromatic carbocycles. The number of hydrogen-bond donors (Lipinski definition) is 0. The molecule has 0 atom stereocenters. The number of rotatable bonds is 0. The second kappa shape index (κ2) is 7.21. The van der Waals surface area contributed by atoms with E-state index < -0.39 is 5.79 Å². The maximum atomic E-state index is 6.05. The van der Waals surface area contributed by atoms with Crippen LogP contribution < -0.4 is 14.2 Å². The number of hydrogen-bond acceptors (Lipinski definition) is 3. The van der Waals surface area contributed by atoms with Crippen LogP contribution in [0.15, 0.2) is 36.4 Å². The highest BCUT2D eigenvalue weighted by Gasteiger charge is 2.36. The number of ether oxygens (including phenoxy) is 3. The molecule has 0 saturated heterocycles. The smallest absolute Gasteiger partial charge is 0.246 e. The lowest BCUT2D eigenvalue weighted by atomic mass is 9.85. The highest BCUT2D eigenvalue weighted by atomic mass is 16.7. The van der Waals surface area contributed by atoms with Crippen molar-refractivity contribution in [3.63, 3.8) is 0 Å². The Bertz CT molecular complexity index is 847. The summed E-state index contributed by atoms with van der Waals surface area (Å²) in [5.74, 6) is 2.33. The molecule has 0 N–H and O–H groups in total. The average molecular weight is 411 g/mol. The van der Waals surface area contributed by atoms with Crippen LogP contribution >= 0.6 is 0 Å². The lowest BCUT2D eigenvalue weighted by molar-refractivity contribution is -0.0437. The van der Waals surface area contributed by atoms with Crippen LogP contribution in [-0.2, 0) is 17.3 Å². The van der Waals surface area contributed by atoms with E-state index in [4.69, 9.17) is 14.2 Å². The molecular weight excluding hydrogens is 372 g/mol. The third-order valence-corrected chi connectivity index (χ3v) is 5.39. The molecule has 0 bridgehead atoms. The highest BCUT2D eigenvalue weighted by Crippen LogP contribution is 2.45. The molecule has 0 spiro atoms. The molecule has 0 aliphatic carbocycles. The summed E-state index contributed by atoms with van der Waals surface area (Å²) in [6.07, 6.45) is 1.02. The maximum Gasteiger partial charge on any atom is 0.246 e. The van der Waals surface area contributed by atoms with E-state index in [2.05, 4.69) is 79.7 Å². The van der Waals surface area contributed by atoms with E-state index in [1.165, 1.54) is 16.7 Å². The summed E-state index contributed by atoms with van der Waals surface area (Å²) in [7, 11) is 0. The van der Waals surface area contributed by atoms with Crippen LogP contribution in [0.5, 0.6) is 17.2 Å². The molecule has 0 saturated carbocycles. The molecule has 30 heavy (non-hydrogen) atoms. The van der Waals surface area contributed by atoms with E-state index in [9.17, 15) is 0 Å². The minimum absolute atomic E-state index is 0.0380. The van der Waals surface area contributed by atoms with Gasteiger partial charge in [-0.1, -0.05) is 71.9 Å². The van der Waals surface area contributed by atoms with E-state index in [1.54, 1.807) is 0 Å². The molecule has 2 heterocycles. The lowest BCUT2D eigenvalue weighted by Crippen LogP contribution is -2.30. The third kappa shape index (κ3) is 4.77. The first-order chi connectivity index (χ1) is 13.6. The van der Waals surface area contributed by atoms with Gasteiger partial charge in [-0.25, -0.2) is 0 Å². The first kappa shape index (κ1) is 22.5. The SMILES string of the molecule is CC1(C)Cc2cccc(C(C)(C)C)c2O1.CC1(C)Oc2cccc(C(C)(C)C)c2O1. The van der Waals surface area contributed by atoms with Crippen LogP contribution in [0.4, 0.5) is 0 Å². The Labute approximate surface area is 182 Å². The van der Waals surface area contributed by atoms with Crippen LogP contribution in [0.25, 0.3) is 0 Å². The number of benzene rings is 2. The second-order valence-electron chi connectivity index (χ2n) is 11.6. The van der Waals surface area contributed by atoms with Gasteiger partial charge < -0.3 is 14.2 Å². The van der Waals surface area contributed by atoms with Crippen molar-refractivity contribution in [2.75, 3.05) is 0 Å². The van der Waals surface area contributed by atoms with Crippen molar-refractivity contribution in [3.8, 4) is 17.2 Å². The van der Waals surface area contributed by atoms with E-state index in [-0.39, 0.29) is 16.4 Å². The van der Waals surface area contributed by atoms with Gasteiger partial charge in [0.05, 0.1) is 0 Å². The Morgan fingerprint density at radius 1 is 0.667 bits per heavy atom. The molecule has 3 nitrogen and oxygen atoms in total. The molecule has 164 valence electrons. The van der Waals surface area contributed by atoms with E-state index in [0.717, 1.165) is 23.7 Å². The van der Waals surface area contributed by atoms with Gasteiger partial charge >= 0.3 is 0 Å². The van der Waals surface area contributed by atoms with Crippen molar-refractivity contribution in [3.05, 3.63) is 53.1 Å². The molecule has 2 aliphatic heterocycles. The van der Waals surface area contributed by atoms with E-state index >= 15 is 0 Å². The minimum atomic E-state index is -0.538. The summed E-state index contributed by atoms with van der Waals surface area (Å²) in [6.45, 7) is 21.4. The summed E-state index contributed by atoms with van der Waals surface area (Å²) in [5, 5.41) is 0. The topological polar surface area (TPSA) is 27.7 Å². The summed E-state index contributed by atoms with van der Waals surface area (Å²) < 4.78 is 17.6. The zero-order valence-corrected chi connectivity index (χ0v) is 20.4. The first-order valence-corrected chi connectivity index (χ1v) is 10.9. The Morgan fingerprint density at radius 3 is 1.77 bits per heavy atom. The molecular formula is C27H38O3. The largest absolute Gasteiger partial charge is 0.487 e. The standard InChI is InChI=1S/C14H20O.C13H18O2/c1-13(2,3)11-8-6-7-10-9-14(4,5)15-12(10)11;1-12(2,3)9-7-6-8-10-11(9)15-13(4,5)14-10/h6-8H,9H2,1-5H3;6-8H,1-5H3. The molecule has 0 aromatic heterocycles. The van der Waals surface area contributed by atoms with Crippen molar-refractivity contribution < 1.29 is 14.2 Å². The van der Waals surface area contributed by atoms with Crippen LogP contribution in [0, 0.1) is 0 Å². The van der Waals surface area contributed by atoms with Gasteiger partial charge in [0.1, 0.15) is 11.4 Å². The van der Waals surface area contributed by atoms with Gasteiger partial charge in [-0.3, -0.25) is 0 Å². The van der Waals surface area contributed by atoms with Crippen molar-refractivity contribution >= 4 is 0 Å². The molecule has 3 heteroatoms. The van der Waals surface area contributed by atoms with Crippen LogP contribution in [0.3, 0.4) is 0 Å². The van der Waals surface area contributed by atoms with Gasteiger partial charge in [0.2, 0.25) is 5.79 Å². The van der Waals surface area contributed by atoms with Gasteiger partial charge in [-0.2, -0.15) is 0 Å². The van der Waals surface area contributed by atoms with Gasteiger partial charge in [0.15, 0.2) is 11.5 Å². The van der Waals surface area contributed by atoms with E-state index in [0.29, 0.717) is 0 Å². The minimum Gasteiger partial charge on any atom is -0.487 e. The number of fused-ring (bicyclic) bond motifs is 2. The molecule has 0 radical (unpaired) electrons. The monoisotopic (exact) mass is 410 g/mol. The van der Waals surface area contributed by atoms with Gasteiger partial charge in [-0.15, -0.1) is 0 Å². The van der Waals surface area contributed by atoms with Crippen molar-refractivity contribution in [1.82, 2.24) is 0 Å². The molecule has 0 amide bonds. The summed E-state index contributed by atoms with van der Waals surface area (Å²) >= 11 is 0. The molecule has 0 unspecified atom stereocenters.